The molecule has 1 N–H and O–H groups in total. The minimum absolute atomic E-state index is 0.108. The third-order valence-corrected chi connectivity index (χ3v) is 3.19. The molecule has 18 heavy (non-hydrogen) atoms. The summed E-state index contributed by atoms with van der Waals surface area (Å²) in [5, 5.41) is 2.80. The van der Waals surface area contributed by atoms with E-state index >= 15 is 0 Å². The molecule has 2 aliphatic heterocycles. The summed E-state index contributed by atoms with van der Waals surface area (Å²) >= 11 is 0. The number of rotatable bonds is 3. The van der Waals surface area contributed by atoms with Gasteiger partial charge in [0.05, 0.1) is 13.2 Å². The predicted octanol–water partition coefficient (Wildman–Crippen LogP) is 0.390. The number of carbonyl (C=O) groups excluding carboxylic acids is 1. The van der Waals surface area contributed by atoms with E-state index < -0.39 is 0 Å². The van der Waals surface area contributed by atoms with E-state index in [1.54, 1.807) is 0 Å². The number of fused-ring (bicyclic) bond motifs is 1. The Bertz CT molecular complexity index is 462. The first kappa shape index (κ1) is 11.3. The molecule has 1 aromatic rings. The molecule has 5 nitrogen and oxygen atoms in total. The minimum Gasteiger partial charge on any atom is -0.486 e. The molecule has 0 spiro atoms. The van der Waals surface area contributed by atoms with Crippen LogP contribution in [0, 0.1) is 0 Å². The molecule has 96 valence electrons. The zero-order valence-electron chi connectivity index (χ0n) is 10.1. The van der Waals surface area contributed by atoms with Crippen molar-refractivity contribution in [2.45, 2.75) is 6.42 Å². The van der Waals surface area contributed by atoms with Crippen molar-refractivity contribution >= 4 is 5.91 Å². The monoisotopic (exact) mass is 248 g/mol. The van der Waals surface area contributed by atoms with Crippen molar-refractivity contribution in [1.29, 1.82) is 0 Å². The van der Waals surface area contributed by atoms with Gasteiger partial charge in [0.2, 0.25) is 5.91 Å². The van der Waals surface area contributed by atoms with Crippen LogP contribution in [-0.4, -0.2) is 43.8 Å². The molecule has 0 atom stereocenters. The summed E-state index contributed by atoms with van der Waals surface area (Å²) in [6.45, 7) is 3.27. The van der Waals surface area contributed by atoms with Gasteiger partial charge < -0.3 is 14.8 Å². The van der Waals surface area contributed by atoms with Crippen LogP contribution in [0.2, 0.25) is 0 Å². The first-order valence-electron chi connectivity index (χ1n) is 6.19. The first-order chi connectivity index (χ1) is 8.81. The van der Waals surface area contributed by atoms with E-state index in [1.165, 1.54) is 5.56 Å². The molecular weight excluding hydrogens is 232 g/mol. The maximum absolute atomic E-state index is 11.1. The van der Waals surface area contributed by atoms with Crippen molar-refractivity contribution in [2.75, 3.05) is 33.0 Å². The van der Waals surface area contributed by atoms with Crippen LogP contribution < -0.4 is 14.8 Å². The lowest BCUT2D eigenvalue weighted by Gasteiger charge is -2.19. The number of nitrogens with one attached hydrogen (secondary N) is 1. The molecule has 0 saturated carbocycles. The van der Waals surface area contributed by atoms with E-state index in [4.69, 9.17) is 9.47 Å². The second-order valence-corrected chi connectivity index (χ2v) is 4.54. The number of ether oxygens (including phenoxy) is 2. The van der Waals surface area contributed by atoms with Crippen LogP contribution >= 0.6 is 0 Å². The van der Waals surface area contributed by atoms with Gasteiger partial charge in [-0.25, -0.2) is 0 Å². The number of benzene rings is 1. The lowest BCUT2D eigenvalue weighted by Crippen LogP contribution is -2.24. The molecule has 2 aliphatic rings. The SMILES string of the molecule is O=C1CN(CCc2ccc3c(c2)OCCO3)CN1. The molecular formula is C13H16N2O3. The van der Waals surface area contributed by atoms with E-state index in [0.717, 1.165) is 24.5 Å². The molecule has 1 saturated heterocycles. The molecule has 0 aromatic heterocycles. The van der Waals surface area contributed by atoms with Crippen LogP contribution in [0.5, 0.6) is 11.5 Å². The Hall–Kier alpha value is -1.75. The van der Waals surface area contributed by atoms with Crippen molar-refractivity contribution in [3.8, 4) is 11.5 Å². The summed E-state index contributed by atoms with van der Waals surface area (Å²) in [7, 11) is 0. The van der Waals surface area contributed by atoms with Crippen LogP contribution in [0.3, 0.4) is 0 Å². The molecule has 0 bridgehead atoms. The Morgan fingerprint density at radius 3 is 2.83 bits per heavy atom. The Balaban J connectivity index is 1.61. The van der Waals surface area contributed by atoms with Gasteiger partial charge in [-0.2, -0.15) is 0 Å². The molecule has 2 heterocycles. The highest BCUT2D eigenvalue weighted by Crippen LogP contribution is 2.30. The van der Waals surface area contributed by atoms with Crippen molar-refractivity contribution < 1.29 is 14.3 Å². The highest BCUT2D eigenvalue weighted by atomic mass is 16.6. The van der Waals surface area contributed by atoms with Crippen molar-refractivity contribution in [3.05, 3.63) is 23.8 Å². The second-order valence-electron chi connectivity index (χ2n) is 4.54. The van der Waals surface area contributed by atoms with Gasteiger partial charge >= 0.3 is 0 Å². The van der Waals surface area contributed by atoms with Crippen molar-refractivity contribution in [2.24, 2.45) is 0 Å². The number of carbonyl (C=O) groups is 1. The fourth-order valence-corrected chi connectivity index (χ4v) is 2.20. The number of hydrogen-bond donors (Lipinski definition) is 1. The van der Waals surface area contributed by atoms with Gasteiger partial charge in [0.15, 0.2) is 11.5 Å². The zero-order valence-corrected chi connectivity index (χ0v) is 10.1. The maximum Gasteiger partial charge on any atom is 0.235 e. The summed E-state index contributed by atoms with van der Waals surface area (Å²) in [6, 6.07) is 6.04. The van der Waals surface area contributed by atoms with Gasteiger partial charge in [0.1, 0.15) is 13.2 Å². The summed E-state index contributed by atoms with van der Waals surface area (Å²) in [6.07, 6.45) is 0.908. The maximum atomic E-state index is 11.1. The third kappa shape index (κ3) is 2.41. The van der Waals surface area contributed by atoms with E-state index in [9.17, 15) is 4.79 Å². The standard InChI is InChI=1S/C13H16N2O3/c16-13-8-15(9-14-13)4-3-10-1-2-11-12(7-10)18-6-5-17-11/h1-2,7H,3-6,8-9H2,(H,14,16). The molecule has 1 aromatic carbocycles. The number of nitrogens with zero attached hydrogens (tertiary/aromatic N) is 1. The number of hydrogen-bond acceptors (Lipinski definition) is 4. The smallest absolute Gasteiger partial charge is 0.235 e. The third-order valence-electron chi connectivity index (χ3n) is 3.19. The first-order valence-corrected chi connectivity index (χ1v) is 6.19. The summed E-state index contributed by atoms with van der Waals surface area (Å²) in [5.74, 6) is 1.76. The van der Waals surface area contributed by atoms with Gasteiger partial charge in [-0.1, -0.05) is 6.07 Å². The minimum atomic E-state index is 0.108. The van der Waals surface area contributed by atoms with E-state index in [-0.39, 0.29) is 5.91 Å². The summed E-state index contributed by atoms with van der Waals surface area (Å²) in [5.41, 5.74) is 1.21. The average molecular weight is 248 g/mol. The molecule has 0 unspecified atom stereocenters. The normalized spacial score (nSPS) is 18.8. The molecule has 5 heteroatoms. The second kappa shape index (κ2) is 4.86. The Labute approximate surface area is 106 Å². The topological polar surface area (TPSA) is 50.8 Å². The van der Waals surface area contributed by atoms with E-state index in [2.05, 4.69) is 16.3 Å². The average Bonchev–Trinajstić information content (AvgIpc) is 2.82. The van der Waals surface area contributed by atoms with Crippen LogP contribution in [-0.2, 0) is 11.2 Å². The van der Waals surface area contributed by atoms with Gasteiger partial charge in [0, 0.05) is 6.54 Å². The quantitative estimate of drug-likeness (QED) is 0.840. The summed E-state index contributed by atoms with van der Waals surface area (Å²) < 4.78 is 11.0. The van der Waals surface area contributed by atoms with E-state index in [0.29, 0.717) is 26.4 Å². The van der Waals surface area contributed by atoms with E-state index in [1.807, 2.05) is 12.1 Å². The molecule has 3 rings (SSSR count). The fraction of sp³-hybridized carbons (Fsp3) is 0.462. The van der Waals surface area contributed by atoms with Crippen LogP contribution in [0.1, 0.15) is 5.56 Å². The van der Waals surface area contributed by atoms with Gasteiger partial charge in [-0.15, -0.1) is 0 Å². The van der Waals surface area contributed by atoms with Gasteiger partial charge in [-0.05, 0) is 24.1 Å². The predicted molar refractivity (Wildman–Crippen MR) is 65.7 cm³/mol. The lowest BCUT2D eigenvalue weighted by atomic mass is 10.1. The molecule has 1 fully saturated rings. The van der Waals surface area contributed by atoms with Gasteiger partial charge in [-0.3, -0.25) is 9.69 Å². The molecule has 0 aliphatic carbocycles. The fourth-order valence-electron chi connectivity index (χ4n) is 2.20. The van der Waals surface area contributed by atoms with Crippen molar-refractivity contribution in [3.63, 3.8) is 0 Å². The summed E-state index contributed by atoms with van der Waals surface area (Å²) in [4.78, 5) is 13.2. The van der Waals surface area contributed by atoms with Crippen LogP contribution in [0.25, 0.3) is 0 Å². The number of amides is 1. The van der Waals surface area contributed by atoms with Gasteiger partial charge in [0.25, 0.3) is 0 Å². The Morgan fingerprint density at radius 1 is 1.22 bits per heavy atom. The van der Waals surface area contributed by atoms with Crippen LogP contribution in [0.15, 0.2) is 18.2 Å². The molecule has 0 radical (unpaired) electrons. The molecule has 1 amide bonds. The Morgan fingerprint density at radius 2 is 2.06 bits per heavy atom. The lowest BCUT2D eigenvalue weighted by molar-refractivity contribution is -0.118. The zero-order chi connectivity index (χ0) is 12.4. The highest BCUT2D eigenvalue weighted by molar-refractivity contribution is 5.79. The van der Waals surface area contributed by atoms with Crippen molar-refractivity contribution in [1.82, 2.24) is 10.2 Å². The largest absolute Gasteiger partial charge is 0.486 e. The highest BCUT2D eigenvalue weighted by Gasteiger charge is 2.18. The Kier molecular flexibility index (Phi) is 3.06. The van der Waals surface area contributed by atoms with Crippen LogP contribution in [0.4, 0.5) is 0 Å².